The number of hydrogen-bond donors (Lipinski definition) is 1. The Morgan fingerprint density at radius 2 is 1.80 bits per heavy atom. The minimum atomic E-state index is -0.180. The molecule has 2 aromatic carbocycles. The van der Waals surface area contributed by atoms with Gasteiger partial charge in [0.05, 0.1) is 11.0 Å². The second kappa shape index (κ2) is 6.20. The van der Waals surface area contributed by atoms with Crippen LogP contribution in [0.4, 0.5) is 5.82 Å². The average molecular weight is 328 g/mol. The molecule has 25 heavy (non-hydrogen) atoms. The van der Waals surface area contributed by atoms with Crippen LogP contribution in [0.3, 0.4) is 0 Å². The van der Waals surface area contributed by atoms with Crippen LogP contribution in [0.1, 0.15) is 15.9 Å². The summed E-state index contributed by atoms with van der Waals surface area (Å²) in [6.45, 7) is 1.96. The minimum Gasteiger partial charge on any atom is -0.307 e. The molecule has 1 N–H and O–H groups in total. The Labute approximate surface area is 145 Å². The molecule has 0 atom stereocenters. The Hall–Kier alpha value is -3.47. The maximum atomic E-state index is 12.4. The number of amides is 1. The molecule has 0 saturated heterocycles. The number of nitrogens with zero attached hydrogens (tertiary/aromatic N) is 3. The molecule has 0 aliphatic heterocycles. The van der Waals surface area contributed by atoms with E-state index in [0.717, 1.165) is 22.3 Å². The second-order valence-electron chi connectivity index (χ2n) is 5.82. The standard InChI is InChI=1S/C20H16N4O/c1-14-10-11-21-19(12-14)23-20(25)15-6-8-16(9-7-15)24-13-22-17-4-2-3-5-18(17)24/h2-13H,1H3,(H,21,23,25). The van der Waals surface area contributed by atoms with Gasteiger partial charge in [-0.1, -0.05) is 12.1 Å². The molecule has 0 aliphatic carbocycles. The molecule has 2 aromatic heterocycles. The molecular weight excluding hydrogens is 312 g/mol. The van der Waals surface area contributed by atoms with Gasteiger partial charge in [0, 0.05) is 17.4 Å². The Balaban J connectivity index is 1.58. The van der Waals surface area contributed by atoms with Crippen LogP contribution >= 0.6 is 0 Å². The molecule has 0 aliphatic rings. The third kappa shape index (κ3) is 2.99. The van der Waals surface area contributed by atoms with Gasteiger partial charge in [-0.3, -0.25) is 9.36 Å². The van der Waals surface area contributed by atoms with E-state index >= 15 is 0 Å². The van der Waals surface area contributed by atoms with E-state index in [0.29, 0.717) is 11.4 Å². The molecule has 4 rings (SSSR count). The molecule has 5 nitrogen and oxygen atoms in total. The molecule has 4 aromatic rings. The number of carbonyl (C=O) groups is 1. The van der Waals surface area contributed by atoms with Crippen molar-refractivity contribution in [3.05, 3.63) is 84.3 Å². The van der Waals surface area contributed by atoms with Gasteiger partial charge in [0.15, 0.2) is 0 Å². The van der Waals surface area contributed by atoms with Gasteiger partial charge in [0.1, 0.15) is 12.1 Å². The number of rotatable bonds is 3. The molecule has 1 amide bonds. The van der Waals surface area contributed by atoms with Crippen LogP contribution in [0.25, 0.3) is 16.7 Å². The largest absolute Gasteiger partial charge is 0.307 e. The SMILES string of the molecule is Cc1ccnc(NC(=O)c2ccc(-n3cnc4ccccc43)cc2)c1. The summed E-state index contributed by atoms with van der Waals surface area (Å²) in [5, 5.41) is 2.81. The highest BCUT2D eigenvalue weighted by atomic mass is 16.1. The highest BCUT2D eigenvalue weighted by Gasteiger charge is 2.08. The summed E-state index contributed by atoms with van der Waals surface area (Å²) >= 11 is 0. The van der Waals surface area contributed by atoms with Gasteiger partial charge in [-0.25, -0.2) is 9.97 Å². The third-order valence-corrected chi connectivity index (χ3v) is 4.02. The van der Waals surface area contributed by atoms with Crippen LogP contribution in [0, 0.1) is 6.92 Å². The van der Waals surface area contributed by atoms with E-state index in [1.807, 2.05) is 60.0 Å². The van der Waals surface area contributed by atoms with Gasteiger partial charge in [-0.15, -0.1) is 0 Å². The Bertz CT molecular complexity index is 1050. The number of aryl methyl sites for hydroxylation is 1. The summed E-state index contributed by atoms with van der Waals surface area (Å²) in [5.41, 5.74) is 4.56. The van der Waals surface area contributed by atoms with Crippen LogP contribution < -0.4 is 5.32 Å². The zero-order valence-corrected chi connectivity index (χ0v) is 13.7. The van der Waals surface area contributed by atoms with Crippen molar-refractivity contribution in [1.82, 2.24) is 14.5 Å². The zero-order chi connectivity index (χ0) is 17.2. The number of pyridine rings is 1. The third-order valence-electron chi connectivity index (χ3n) is 4.02. The maximum absolute atomic E-state index is 12.4. The number of carbonyl (C=O) groups excluding carboxylic acids is 1. The Morgan fingerprint density at radius 3 is 2.60 bits per heavy atom. The van der Waals surface area contributed by atoms with Crippen LogP contribution in [0.5, 0.6) is 0 Å². The minimum absolute atomic E-state index is 0.180. The van der Waals surface area contributed by atoms with E-state index < -0.39 is 0 Å². The highest BCUT2D eigenvalue weighted by molar-refractivity contribution is 6.03. The normalized spacial score (nSPS) is 10.8. The highest BCUT2D eigenvalue weighted by Crippen LogP contribution is 2.18. The topological polar surface area (TPSA) is 59.8 Å². The Kier molecular flexibility index (Phi) is 3.74. The first-order valence-electron chi connectivity index (χ1n) is 7.97. The quantitative estimate of drug-likeness (QED) is 0.619. The van der Waals surface area contributed by atoms with E-state index in [9.17, 15) is 4.79 Å². The molecule has 0 fully saturated rings. The number of nitrogens with one attached hydrogen (secondary N) is 1. The van der Waals surface area contributed by atoms with Crippen molar-refractivity contribution in [2.75, 3.05) is 5.32 Å². The average Bonchev–Trinajstić information content (AvgIpc) is 3.06. The van der Waals surface area contributed by atoms with Crippen molar-refractivity contribution >= 4 is 22.8 Å². The number of imidazole rings is 1. The van der Waals surface area contributed by atoms with E-state index in [4.69, 9.17) is 0 Å². The van der Waals surface area contributed by atoms with Crippen LogP contribution in [-0.4, -0.2) is 20.4 Å². The first-order valence-corrected chi connectivity index (χ1v) is 7.97. The van der Waals surface area contributed by atoms with Crippen LogP contribution in [-0.2, 0) is 0 Å². The van der Waals surface area contributed by atoms with Gasteiger partial charge in [-0.05, 0) is 61.0 Å². The number of fused-ring (bicyclic) bond motifs is 1. The number of benzene rings is 2. The molecule has 2 heterocycles. The van der Waals surface area contributed by atoms with Crippen molar-refractivity contribution in [3.63, 3.8) is 0 Å². The van der Waals surface area contributed by atoms with Crippen molar-refractivity contribution < 1.29 is 4.79 Å². The lowest BCUT2D eigenvalue weighted by molar-refractivity contribution is 0.102. The lowest BCUT2D eigenvalue weighted by Gasteiger charge is -2.07. The lowest BCUT2D eigenvalue weighted by Crippen LogP contribution is -2.13. The molecule has 0 spiro atoms. The van der Waals surface area contributed by atoms with Gasteiger partial charge in [-0.2, -0.15) is 0 Å². The van der Waals surface area contributed by atoms with Crippen molar-refractivity contribution in [3.8, 4) is 5.69 Å². The fourth-order valence-electron chi connectivity index (χ4n) is 2.73. The molecule has 5 heteroatoms. The Morgan fingerprint density at radius 1 is 1.00 bits per heavy atom. The summed E-state index contributed by atoms with van der Waals surface area (Å²) < 4.78 is 2.00. The van der Waals surface area contributed by atoms with E-state index in [-0.39, 0.29) is 5.91 Å². The summed E-state index contributed by atoms with van der Waals surface area (Å²) in [6.07, 6.45) is 3.47. The zero-order valence-electron chi connectivity index (χ0n) is 13.7. The summed E-state index contributed by atoms with van der Waals surface area (Å²) in [5.74, 6) is 0.370. The molecular formula is C20H16N4O. The van der Waals surface area contributed by atoms with Crippen LogP contribution in [0.15, 0.2) is 73.2 Å². The smallest absolute Gasteiger partial charge is 0.256 e. The first kappa shape index (κ1) is 15.1. The van der Waals surface area contributed by atoms with E-state index in [1.54, 1.807) is 24.7 Å². The molecule has 0 saturated carbocycles. The molecule has 0 unspecified atom stereocenters. The number of para-hydroxylation sites is 2. The van der Waals surface area contributed by atoms with Crippen molar-refractivity contribution in [2.24, 2.45) is 0 Å². The van der Waals surface area contributed by atoms with Crippen LogP contribution in [0.2, 0.25) is 0 Å². The van der Waals surface area contributed by atoms with E-state index in [1.165, 1.54) is 0 Å². The summed E-state index contributed by atoms with van der Waals surface area (Å²) in [7, 11) is 0. The van der Waals surface area contributed by atoms with Crippen molar-refractivity contribution in [1.29, 1.82) is 0 Å². The second-order valence-corrected chi connectivity index (χ2v) is 5.82. The predicted octanol–water partition coefficient (Wildman–Crippen LogP) is 3.98. The summed E-state index contributed by atoms with van der Waals surface area (Å²) in [6, 6.07) is 19.1. The predicted molar refractivity (Wildman–Crippen MR) is 98.0 cm³/mol. The van der Waals surface area contributed by atoms with Gasteiger partial charge in [0.25, 0.3) is 5.91 Å². The summed E-state index contributed by atoms with van der Waals surface area (Å²) in [4.78, 5) is 20.9. The van der Waals surface area contributed by atoms with E-state index in [2.05, 4.69) is 15.3 Å². The van der Waals surface area contributed by atoms with Crippen molar-refractivity contribution in [2.45, 2.75) is 6.92 Å². The number of aromatic nitrogens is 3. The first-order chi connectivity index (χ1) is 12.2. The molecule has 0 bridgehead atoms. The maximum Gasteiger partial charge on any atom is 0.256 e. The molecule has 0 radical (unpaired) electrons. The lowest BCUT2D eigenvalue weighted by atomic mass is 10.2. The number of hydrogen-bond acceptors (Lipinski definition) is 3. The molecule has 122 valence electrons. The number of anilines is 1. The fraction of sp³-hybridized carbons (Fsp3) is 0.0500. The fourth-order valence-corrected chi connectivity index (χ4v) is 2.73. The van der Waals surface area contributed by atoms with Gasteiger partial charge >= 0.3 is 0 Å². The van der Waals surface area contributed by atoms with Gasteiger partial charge in [0.2, 0.25) is 0 Å². The van der Waals surface area contributed by atoms with Gasteiger partial charge < -0.3 is 5.32 Å². The monoisotopic (exact) mass is 328 g/mol.